The second-order valence-electron chi connectivity index (χ2n) is 6.40. The van der Waals surface area contributed by atoms with Crippen molar-refractivity contribution in [3.63, 3.8) is 0 Å². The molecule has 0 saturated carbocycles. The summed E-state index contributed by atoms with van der Waals surface area (Å²) in [5.41, 5.74) is 1.18. The van der Waals surface area contributed by atoms with Crippen LogP contribution in [0.5, 0.6) is 0 Å². The van der Waals surface area contributed by atoms with Crippen molar-refractivity contribution in [2.24, 2.45) is 0 Å². The number of aromatic nitrogens is 5. The molecule has 0 radical (unpaired) electrons. The molecule has 3 aromatic heterocycles. The molecule has 3 rings (SSSR count). The van der Waals surface area contributed by atoms with Crippen LogP contribution >= 0.6 is 11.3 Å². The quantitative estimate of drug-likeness (QED) is 0.792. The molecule has 0 fully saturated rings. The second kappa shape index (κ2) is 6.08. The zero-order chi connectivity index (χ0) is 16.4. The van der Waals surface area contributed by atoms with Gasteiger partial charge in [-0.05, 0) is 13.0 Å². The molecular formula is C16H20N6S. The Hall–Kier alpha value is -2.28. The molecule has 1 N–H and O–H groups in total. The van der Waals surface area contributed by atoms with Gasteiger partial charge in [0.05, 0.1) is 24.1 Å². The summed E-state index contributed by atoms with van der Waals surface area (Å²) >= 11 is 1.67. The summed E-state index contributed by atoms with van der Waals surface area (Å²) in [4.78, 5) is 13.5. The summed E-state index contributed by atoms with van der Waals surface area (Å²) in [5, 5.41) is 10.7. The predicted molar refractivity (Wildman–Crippen MR) is 92.0 cm³/mol. The highest BCUT2D eigenvalue weighted by Crippen LogP contribution is 2.28. The van der Waals surface area contributed by atoms with Gasteiger partial charge in [-0.2, -0.15) is 5.10 Å². The van der Waals surface area contributed by atoms with Gasteiger partial charge in [0.2, 0.25) is 0 Å². The lowest BCUT2D eigenvalue weighted by Gasteiger charge is -2.15. The van der Waals surface area contributed by atoms with E-state index in [0.29, 0.717) is 11.6 Å². The Morgan fingerprint density at radius 2 is 2.04 bits per heavy atom. The third kappa shape index (κ3) is 3.56. The van der Waals surface area contributed by atoms with Crippen LogP contribution in [0.3, 0.4) is 0 Å². The standard InChI is InChI=1S/C16H20N6S/c1-11(15-20-12(10-23-15)16(2,3)4)19-13-8-17-9-14(21-13)22-7-5-6-18-22/h5-11H,1-4H3,(H,19,21). The zero-order valence-corrected chi connectivity index (χ0v) is 14.5. The molecule has 120 valence electrons. The molecule has 0 spiro atoms. The van der Waals surface area contributed by atoms with E-state index in [1.807, 2.05) is 12.3 Å². The maximum Gasteiger partial charge on any atom is 0.173 e. The maximum absolute atomic E-state index is 4.74. The normalized spacial score (nSPS) is 13.0. The molecule has 3 aromatic rings. The first-order valence-electron chi connectivity index (χ1n) is 7.48. The van der Waals surface area contributed by atoms with Gasteiger partial charge >= 0.3 is 0 Å². The summed E-state index contributed by atoms with van der Waals surface area (Å²) in [6.07, 6.45) is 6.95. The van der Waals surface area contributed by atoms with Crippen LogP contribution in [-0.2, 0) is 5.41 Å². The molecular weight excluding hydrogens is 308 g/mol. The molecule has 0 aliphatic heterocycles. The minimum Gasteiger partial charge on any atom is -0.360 e. The summed E-state index contributed by atoms with van der Waals surface area (Å²) in [5.74, 6) is 1.39. The number of thiazole rings is 1. The SMILES string of the molecule is CC(Nc1cncc(-n2cccn2)n1)c1nc(C(C)(C)C)cs1. The number of anilines is 1. The Balaban J connectivity index is 1.76. The molecule has 0 aromatic carbocycles. The first-order chi connectivity index (χ1) is 10.9. The van der Waals surface area contributed by atoms with E-state index in [2.05, 4.69) is 53.5 Å². The van der Waals surface area contributed by atoms with Crippen molar-refractivity contribution in [1.29, 1.82) is 0 Å². The molecule has 23 heavy (non-hydrogen) atoms. The fourth-order valence-electron chi connectivity index (χ4n) is 2.05. The minimum atomic E-state index is 0.0638. The Kier molecular flexibility index (Phi) is 4.12. The lowest BCUT2D eigenvalue weighted by Crippen LogP contribution is -2.13. The fraction of sp³-hybridized carbons (Fsp3) is 0.375. The van der Waals surface area contributed by atoms with Crippen molar-refractivity contribution in [3.05, 3.63) is 46.9 Å². The summed E-state index contributed by atoms with van der Waals surface area (Å²) in [6.45, 7) is 8.59. The lowest BCUT2D eigenvalue weighted by molar-refractivity contribution is 0.569. The van der Waals surface area contributed by atoms with E-state index in [1.54, 1.807) is 34.6 Å². The van der Waals surface area contributed by atoms with Crippen LogP contribution in [-0.4, -0.2) is 24.7 Å². The summed E-state index contributed by atoms with van der Waals surface area (Å²) in [6, 6.07) is 1.92. The highest BCUT2D eigenvalue weighted by Gasteiger charge is 2.19. The molecule has 0 aliphatic rings. The lowest BCUT2D eigenvalue weighted by atomic mass is 9.93. The van der Waals surface area contributed by atoms with Crippen molar-refractivity contribution in [2.75, 3.05) is 5.32 Å². The van der Waals surface area contributed by atoms with Crippen LogP contribution in [0.2, 0.25) is 0 Å². The van der Waals surface area contributed by atoms with Crippen LogP contribution in [0.15, 0.2) is 36.2 Å². The molecule has 0 amide bonds. The van der Waals surface area contributed by atoms with Gasteiger partial charge in [-0.15, -0.1) is 11.3 Å². The third-order valence-electron chi connectivity index (χ3n) is 3.39. The molecule has 0 aliphatic carbocycles. The van der Waals surface area contributed by atoms with Crippen LogP contribution in [0.1, 0.15) is 44.4 Å². The Bertz CT molecular complexity index is 772. The molecule has 0 bridgehead atoms. The van der Waals surface area contributed by atoms with Gasteiger partial charge in [0, 0.05) is 23.2 Å². The highest BCUT2D eigenvalue weighted by atomic mass is 32.1. The Labute approximate surface area is 139 Å². The van der Waals surface area contributed by atoms with E-state index in [-0.39, 0.29) is 11.5 Å². The van der Waals surface area contributed by atoms with Crippen molar-refractivity contribution < 1.29 is 0 Å². The van der Waals surface area contributed by atoms with Gasteiger partial charge in [0.15, 0.2) is 5.82 Å². The largest absolute Gasteiger partial charge is 0.360 e. The predicted octanol–water partition coefficient (Wildman–Crippen LogP) is 3.59. The van der Waals surface area contributed by atoms with Gasteiger partial charge in [-0.3, -0.25) is 4.98 Å². The van der Waals surface area contributed by atoms with Gasteiger partial charge in [0.1, 0.15) is 10.8 Å². The molecule has 0 saturated heterocycles. The average molecular weight is 328 g/mol. The van der Waals surface area contributed by atoms with Crippen LogP contribution < -0.4 is 5.32 Å². The van der Waals surface area contributed by atoms with Crippen LogP contribution in [0, 0.1) is 0 Å². The number of hydrogen-bond donors (Lipinski definition) is 1. The fourth-order valence-corrected chi connectivity index (χ4v) is 3.11. The zero-order valence-electron chi connectivity index (χ0n) is 13.7. The Morgan fingerprint density at radius 3 is 2.70 bits per heavy atom. The summed E-state index contributed by atoms with van der Waals surface area (Å²) in [7, 11) is 0. The van der Waals surface area contributed by atoms with Gasteiger partial charge < -0.3 is 5.32 Å². The van der Waals surface area contributed by atoms with Crippen molar-refractivity contribution in [1.82, 2.24) is 24.7 Å². The van der Waals surface area contributed by atoms with E-state index in [0.717, 1.165) is 10.7 Å². The highest BCUT2D eigenvalue weighted by molar-refractivity contribution is 7.09. The number of hydrogen-bond acceptors (Lipinski definition) is 6. The minimum absolute atomic E-state index is 0.0638. The number of rotatable bonds is 4. The van der Waals surface area contributed by atoms with E-state index < -0.39 is 0 Å². The first-order valence-corrected chi connectivity index (χ1v) is 8.36. The van der Waals surface area contributed by atoms with E-state index in [1.165, 1.54) is 0 Å². The maximum atomic E-state index is 4.74. The number of nitrogens with one attached hydrogen (secondary N) is 1. The number of nitrogens with zero attached hydrogens (tertiary/aromatic N) is 5. The molecule has 6 nitrogen and oxygen atoms in total. The van der Waals surface area contributed by atoms with E-state index >= 15 is 0 Å². The molecule has 1 unspecified atom stereocenters. The van der Waals surface area contributed by atoms with Crippen molar-refractivity contribution in [2.45, 2.75) is 39.2 Å². The van der Waals surface area contributed by atoms with Gasteiger partial charge in [-0.1, -0.05) is 20.8 Å². The smallest absolute Gasteiger partial charge is 0.173 e. The van der Waals surface area contributed by atoms with Gasteiger partial charge in [0.25, 0.3) is 0 Å². The Morgan fingerprint density at radius 1 is 1.22 bits per heavy atom. The monoisotopic (exact) mass is 328 g/mol. The first kappa shape index (κ1) is 15.6. The third-order valence-corrected chi connectivity index (χ3v) is 4.41. The van der Waals surface area contributed by atoms with Crippen LogP contribution in [0.25, 0.3) is 5.82 Å². The van der Waals surface area contributed by atoms with E-state index in [9.17, 15) is 0 Å². The average Bonchev–Trinajstić information content (AvgIpc) is 3.19. The topological polar surface area (TPSA) is 68.5 Å². The van der Waals surface area contributed by atoms with Crippen LogP contribution in [0.4, 0.5) is 5.82 Å². The van der Waals surface area contributed by atoms with E-state index in [4.69, 9.17) is 4.98 Å². The molecule has 3 heterocycles. The van der Waals surface area contributed by atoms with Crippen molar-refractivity contribution >= 4 is 17.2 Å². The van der Waals surface area contributed by atoms with Gasteiger partial charge in [-0.25, -0.2) is 14.6 Å². The summed E-state index contributed by atoms with van der Waals surface area (Å²) < 4.78 is 1.68. The second-order valence-corrected chi connectivity index (χ2v) is 7.29. The van der Waals surface area contributed by atoms with Crippen molar-refractivity contribution in [3.8, 4) is 5.82 Å². The molecule has 1 atom stereocenters. The molecule has 7 heteroatoms.